The van der Waals surface area contributed by atoms with Gasteiger partial charge in [0, 0.05) is 36.6 Å². The first-order valence-corrected chi connectivity index (χ1v) is 8.97. The maximum atomic E-state index is 12.3. The van der Waals surface area contributed by atoms with Crippen molar-refractivity contribution in [3.05, 3.63) is 59.4 Å². The van der Waals surface area contributed by atoms with Crippen LogP contribution in [0.3, 0.4) is 0 Å². The van der Waals surface area contributed by atoms with Crippen molar-refractivity contribution in [3.8, 4) is 0 Å². The lowest BCUT2D eigenvalue weighted by Gasteiger charge is -2.31. The van der Waals surface area contributed by atoms with Crippen molar-refractivity contribution in [2.45, 2.75) is 18.9 Å². The summed E-state index contributed by atoms with van der Waals surface area (Å²) < 4.78 is 0. The highest BCUT2D eigenvalue weighted by molar-refractivity contribution is 6.29. The van der Waals surface area contributed by atoms with Gasteiger partial charge < -0.3 is 10.6 Å². The van der Waals surface area contributed by atoms with Gasteiger partial charge in [-0.05, 0) is 37.1 Å². The number of nitrogens with zero attached hydrogens (tertiary/aromatic N) is 2. The van der Waals surface area contributed by atoms with Gasteiger partial charge in [0.2, 0.25) is 5.91 Å². The molecule has 0 aliphatic carbocycles. The molecule has 1 aliphatic heterocycles. The maximum absolute atomic E-state index is 12.3. The van der Waals surface area contributed by atoms with Gasteiger partial charge in [0.15, 0.2) is 0 Å². The Balaban J connectivity index is 1.42. The van der Waals surface area contributed by atoms with Gasteiger partial charge in [-0.2, -0.15) is 0 Å². The molecule has 2 amide bonds. The third-order valence-electron chi connectivity index (χ3n) is 4.34. The van der Waals surface area contributed by atoms with Crippen molar-refractivity contribution in [2.75, 3.05) is 25.0 Å². The molecule has 1 aliphatic rings. The van der Waals surface area contributed by atoms with E-state index in [2.05, 4.69) is 20.5 Å². The molecular formula is C19H21ClN4O2. The standard InChI is InChI=1S/C19H21ClN4O2/c20-17-12-14(6-9-21-17)19(26)23-16-7-10-24(11-8-16)13-18(25)22-15-4-2-1-3-5-15/h1-6,9,12,16H,7-8,10-11,13H2,(H,22,25)(H,23,26). The summed E-state index contributed by atoms with van der Waals surface area (Å²) in [6.07, 6.45) is 3.14. The van der Waals surface area contributed by atoms with Crippen molar-refractivity contribution in [1.82, 2.24) is 15.2 Å². The van der Waals surface area contributed by atoms with Crippen molar-refractivity contribution in [3.63, 3.8) is 0 Å². The highest BCUT2D eigenvalue weighted by Gasteiger charge is 2.22. The van der Waals surface area contributed by atoms with Gasteiger partial charge in [-0.25, -0.2) is 4.98 Å². The molecule has 2 aromatic rings. The SMILES string of the molecule is O=C(CN1CCC(NC(=O)c2ccnc(Cl)c2)CC1)Nc1ccccc1. The zero-order chi connectivity index (χ0) is 18.4. The number of rotatable bonds is 5. The molecule has 6 nitrogen and oxygen atoms in total. The molecule has 0 atom stereocenters. The molecule has 0 unspecified atom stereocenters. The normalized spacial score (nSPS) is 15.4. The fourth-order valence-corrected chi connectivity index (χ4v) is 3.15. The maximum Gasteiger partial charge on any atom is 0.251 e. The lowest BCUT2D eigenvalue weighted by atomic mass is 10.0. The van der Waals surface area contributed by atoms with Crippen molar-refractivity contribution in [1.29, 1.82) is 0 Å². The zero-order valence-electron chi connectivity index (χ0n) is 14.3. The Hall–Kier alpha value is -2.44. The number of para-hydroxylation sites is 1. The number of piperidine rings is 1. The number of aromatic nitrogens is 1. The summed E-state index contributed by atoms with van der Waals surface area (Å²) in [5.41, 5.74) is 1.31. The quantitative estimate of drug-likeness (QED) is 0.791. The van der Waals surface area contributed by atoms with Gasteiger partial charge >= 0.3 is 0 Å². The summed E-state index contributed by atoms with van der Waals surface area (Å²) in [7, 11) is 0. The van der Waals surface area contributed by atoms with Crippen LogP contribution in [-0.2, 0) is 4.79 Å². The van der Waals surface area contributed by atoms with Crippen LogP contribution in [0.4, 0.5) is 5.69 Å². The highest BCUT2D eigenvalue weighted by atomic mass is 35.5. The van der Waals surface area contributed by atoms with E-state index in [4.69, 9.17) is 11.6 Å². The summed E-state index contributed by atoms with van der Waals surface area (Å²) >= 11 is 5.82. The number of amides is 2. The second-order valence-corrected chi connectivity index (χ2v) is 6.69. The van der Waals surface area contributed by atoms with Crippen molar-refractivity contribution >= 4 is 29.1 Å². The minimum Gasteiger partial charge on any atom is -0.349 e. The predicted octanol–water partition coefficient (Wildman–Crippen LogP) is 2.57. The van der Waals surface area contributed by atoms with Crippen LogP contribution in [0.15, 0.2) is 48.7 Å². The number of hydrogen-bond donors (Lipinski definition) is 2. The number of nitrogens with one attached hydrogen (secondary N) is 2. The number of likely N-dealkylation sites (tertiary alicyclic amines) is 1. The second kappa shape index (κ2) is 8.78. The van der Waals surface area contributed by atoms with E-state index in [1.807, 2.05) is 30.3 Å². The van der Waals surface area contributed by atoms with Crippen LogP contribution in [0.2, 0.25) is 5.15 Å². The number of benzene rings is 1. The molecule has 1 saturated heterocycles. The Bertz CT molecular complexity index is 761. The van der Waals surface area contributed by atoms with Gasteiger partial charge in [-0.3, -0.25) is 14.5 Å². The van der Waals surface area contributed by atoms with E-state index in [1.54, 1.807) is 12.1 Å². The summed E-state index contributed by atoms with van der Waals surface area (Å²) in [5, 5.41) is 6.22. The molecule has 0 saturated carbocycles. The first-order chi connectivity index (χ1) is 12.6. The van der Waals surface area contributed by atoms with E-state index < -0.39 is 0 Å². The number of pyridine rings is 1. The Morgan fingerprint density at radius 2 is 1.88 bits per heavy atom. The van der Waals surface area contributed by atoms with Crippen LogP contribution >= 0.6 is 11.6 Å². The predicted molar refractivity (Wildman–Crippen MR) is 101 cm³/mol. The van der Waals surface area contributed by atoms with Crippen LogP contribution in [-0.4, -0.2) is 47.4 Å². The van der Waals surface area contributed by atoms with Crippen molar-refractivity contribution < 1.29 is 9.59 Å². The molecule has 3 rings (SSSR count). The number of anilines is 1. The summed E-state index contributed by atoms with van der Waals surface area (Å²) in [4.78, 5) is 30.3. The lowest BCUT2D eigenvalue weighted by Crippen LogP contribution is -2.46. The molecule has 2 N–H and O–H groups in total. The van der Waals surface area contributed by atoms with Gasteiger partial charge in [0.25, 0.3) is 5.91 Å². The van der Waals surface area contributed by atoms with Gasteiger partial charge in [-0.1, -0.05) is 29.8 Å². The lowest BCUT2D eigenvalue weighted by molar-refractivity contribution is -0.117. The smallest absolute Gasteiger partial charge is 0.251 e. The monoisotopic (exact) mass is 372 g/mol. The largest absolute Gasteiger partial charge is 0.349 e. The molecular weight excluding hydrogens is 352 g/mol. The molecule has 1 aromatic heterocycles. The summed E-state index contributed by atoms with van der Waals surface area (Å²) in [5.74, 6) is -0.167. The van der Waals surface area contributed by atoms with E-state index in [0.717, 1.165) is 31.6 Å². The number of halogens is 1. The number of hydrogen-bond acceptors (Lipinski definition) is 4. The fourth-order valence-electron chi connectivity index (χ4n) is 2.97. The van der Waals surface area contributed by atoms with E-state index in [1.165, 1.54) is 6.20 Å². The minimum absolute atomic E-state index is 0.0230. The Morgan fingerprint density at radius 1 is 1.15 bits per heavy atom. The third kappa shape index (κ3) is 5.28. The molecule has 26 heavy (non-hydrogen) atoms. The molecule has 136 valence electrons. The third-order valence-corrected chi connectivity index (χ3v) is 4.54. The molecule has 7 heteroatoms. The topological polar surface area (TPSA) is 74.3 Å². The Morgan fingerprint density at radius 3 is 2.58 bits per heavy atom. The minimum atomic E-state index is -0.144. The van der Waals surface area contributed by atoms with Crippen molar-refractivity contribution in [2.24, 2.45) is 0 Å². The summed E-state index contributed by atoms with van der Waals surface area (Å²) in [6, 6.07) is 12.7. The van der Waals surface area contributed by atoms with Gasteiger partial charge in [0.1, 0.15) is 5.15 Å². The van der Waals surface area contributed by atoms with Gasteiger partial charge in [-0.15, -0.1) is 0 Å². The van der Waals surface area contributed by atoms with E-state index in [9.17, 15) is 9.59 Å². The number of carbonyl (C=O) groups excluding carboxylic acids is 2. The fraction of sp³-hybridized carbons (Fsp3) is 0.316. The number of carbonyl (C=O) groups is 2. The van der Waals surface area contributed by atoms with Crippen LogP contribution in [0.25, 0.3) is 0 Å². The highest BCUT2D eigenvalue weighted by Crippen LogP contribution is 2.13. The van der Waals surface area contributed by atoms with Crippen LogP contribution in [0.5, 0.6) is 0 Å². The molecule has 1 aromatic carbocycles. The first-order valence-electron chi connectivity index (χ1n) is 8.60. The zero-order valence-corrected chi connectivity index (χ0v) is 15.1. The molecule has 1 fully saturated rings. The van der Waals surface area contributed by atoms with Gasteiger partial charge in [0.05, 0.1) is 6.54 Å². The molecule has 0 bridgehead atoms. The van der Waals surface area contributed by atoms with Crippen LogP contribution in [0.1, 0.15) is 23.2 Å². The van der Waals surface area contributed by atoms with E-state index >= 15 is 0 Å². The second-order valence-electron chi connectivity index (χ2n) is 6.31. The molecule has 0 spiro atoms. The average Bonchev–Trinajstić information content (AvgIpc) is 2.64. The summed E-state index contributed by atoms with van der Waals surface area (Å²) in [6.45, 7) is 1.89. The molecule has 2 heterocycles. The average molecular weight is 373 g/mol. The van der Waals surface area contributed by atoms with E-state index in [0.29, 0.717) is 17.3 Å². The van der Waals surface area contributed by atoms with Crippen LogP contribution < -0.4 is 10.6 Å². The Labute approximate surface area is 157 Å². The molecule has 0 radical (unpaired) electrons. The van der Waals surface area contributed by atoms with Crippen LogP contribution in [0, 0.1) is 0 Å². The van der Waals surface area contributed by atoms with E-state index in [-0.39, 0.29) is 17.9 Å². The Kier molecular flexibility index (Phi) is 6.20. The first kappa shape index (κ1) is 18.4.